The van der Waals surface area contributed by atoms with E-state index in [1.54, 1.807) is 11.8 Å². The Hall–Kier alpha value is -1.99. The number of likely N-dealkylation sites (tertiary alicyclic amines) is 2. The summed E-state index contributed by atoms with van der Waals surface area (Å²) < 4.78 is 5.03. The molecule has 2 N–H and O–H groups in total. The lowest BCUT2D eigenvalue weighted by atomic mass is 10.0. The molecule has 0 aliphatic carbocycles. The summed E-state index contributed by atoms with van der Waals surface area (Å²) >= 11 is 5.94. The Kier molecular flexibility index (Phi) is 8.00. The summed E-state index contributed by atoms with van der Waals surface area (Å²) in [5, 5.41) is 6.93. The normalized spacial score (nSPS) is 19.0. The number of benzene rings is 1. The zero-order chi connectivity index (χ0) is 20.6. The molecular formula is C21H31ClN4O3. The minimum atomic E-state index is -0.263. The van der Waals surface area contributed by atoms with Gasteiger partial charge in [0.2, 0.25) is 0 Å². The summed E-state index contributed by atoms with van der Waals surface area (Å²) in [5.41, 5.74) is 1.26. The van der Waals surface area contributed by atoms with Crippen LogP contribution in [0.5, 0.6) is 0 Å². The standard InChI is InChI=1S/C21H31ClN4O3/c1-2-29-21(28)26-13-9-19(10-14-26)24-20(27)23-18-7-11-25(12-8-18)15-16-3-5-17(22)6-4-16/h3-6,18-19H,2,7-15H2,1H3,(H2,23,24,27). The third kappa shape index (κ3) is 6.78. The number of hydrogen-bond donors (Lipinski definition) is 2. The number of carbonyl (C=O) groups excluding carboxylic acids is 2. The van der Waals surface area contributed by atoms with Crippen LogP contribution >= 0.6 is 11.6 Å². The van der Waals surface area contributed by atoms with Gasteiger partial charge in [-0.2, -0.15) is 0 Å². The SMILES string of the molecule is CCOC(=O)N1CCC(NC(=O)NC2CCN(Cc3ccc(Cl)cc3)CC2)CC1. The summed E-state index contributed by atoms with van der Waals surface area (Å²) in [6.45, 7) is 6.27. The molecule has 0 saturated carbocycles. The van der Waals surface area contributed by atoms with Gasteiger partial charge in [0.05, 0.1) is 6.61 Å². The maximum absolute atomic E-state index is 12.3. The molecule has 3 amide bonds. The number of carbonyl (C=O) groups is 2. The van der Waals surface area contributed by atoms with Crippen molar-refractivity contribution >= 4 is 23.7 Å². The Balaban J connectivity index is 1.33. The smallest absolute Gasteiger partial charge is 0.409 e. The van der Waals surface area contributed by atoms with Crippen molar-refractivity contribution in [2.75, 3.05) is 32.8 Å². The van der Waals surface area contributed by atoms with E-state index in [1.807, 2.05) is 12.1 Å². The van der Waals surface area contributed by atoms with E-state index in [2.05, 4.69) is 27.7 Å². The van der Waals surface area contributed by atoms with Gasteiger partial charge in [-0.1, -0.05) is 23.7 Å². The lowest BCUT2D eigenvalue weighted by Gasteiger charge is -2.34. The molecule has 7 nitrogen and oxygen atoms in total. The molecule has 2 aliphatic rings. The number of piperidine rings is 2. The van der Waals surface area contributed by atoms with Gasteiger partial charge >= 0.3 is 12.1 Å². The molecule has 29 heavy (non-hydrogen) atoms. The van der Waals surface area contributed by atoms with Crippen LogP contribution in [0.15, 0.2) is 24.3 Å². The van der Waals surface area contributed by atoms with Crippen molar-refractivity contribution in [1.82, 2.24) is 20.4 Å². The van der Waals surface area contributed by atoms with Crippen LogP contribution in [0.4, 0.5) is 9.59 Å². The first-order chi connectivity index (χ1) is 14.0. The number of halogens is 1. The topological polar surface area (TPSA) is 73.9 Å². The lowest BCUT2D eigenvalue weighted by Crippen LogP contribution is -2.52. The van der Waals surface area contributed by atoms with Gasteiger partial charge in [-0.3, -0.25) is 4.90 Å². The fraction of sp³-hybridized carbons (Fsp3) is 0.619. The minimum absolute atomic E-state index is 0.101. The first-order valence-corrected chi connectivity index (χ1v) is 10.9. The van der Waals surface area contributed by atoms with Crippen molar-refractivity contribution in [3.05, 3.63) is 34.9 Å². The Bertz CT molecular complexity index is 669. The first-order valence-electron chi connectivity index (χ1n) is 10.5. The number of ether oxygens (including phenoxy) is 1. The summed E-state index contributed by atoms with van der Waals surface area (Å²) in [5.74, 6) is 0. The van der Waals surface area contributed by atoms with E-state index in [9.17, 15) is 9.59 Å². The molecule has 0 aromatic heterocycles. The van der Waals surface area contributed by atoms with Gasteiger partial charge in [0.15, 0.2) is 0 Å². The molecule has 2 heterocycles. The highest BCUT2D eigenvalue weighted by atomic mass is 35.5. The van der Waals surface area contributed by atoms with Crippen molar-refractivity contribution in [1.29, 1.82) is 0 Å². The Morgan fingerprint density at radius 1 is 1.00 bits per heavy atom. The summed E-state index contributed by atoms with van der Waals surface area (Å²) in [6.07, 6.45) is 3.14. The van der Waals surface area contributed by atoms with Gasteiger partial charge in [-0.15, -0.1) is 0 Å². The highest BCUT2D eigenvalue weighted by Gasteiger charge is 2.26. The van der Waals surface area contributed by atoms with E-state index in [0.29, 0.717) is 19.7 Å². The minimum Gasteiger partial charge on any atom is -0.450 e. The van der Waals surface area contributed by atoms with Gasteiger partial charge in [0, 0.05) is 49.8 Å². The molecule has 1 aromatic carbocycles. The molecule has 0 spiro atoms. The molecule has 0 atom stereocenters. The fourth-order valence-electron chi connectivity index (χ4n) is 3.92. The van der Waals surface area contributed by atoms with Gasteiger partial charge in [-0.25, -0.2) is 9.59 Å². The third-order valence-corrected chi connectivity index (χ3v) is 5.85. The molecule has 160 valence electrons. The second-order valence-electron chi connectivity index (χ2n) is 7.75. The number of nitrogens with zero attached hydrogens (tertiary/aromatic N) is 2. The van der Waals surface area contributed by atoms with Crippen LogP contribution in [-0.2, 0) is 11.3 Å². The van der Waals surface area contributed by atoms with Crippen molar-refractivity contribution in [2.24, 2.45) is 0 Å². The van der Waals surface area contributed by atoms with Crippen LogP contribution in [0, 0.1) is 0 Å². The van der Waals surface area contributed by atoms with Crippen LogP contribution in [-0.4, -0.2) is 66.8 Å². The van der Waals surface area contributed by atoms with Crippen LogP contribution < -0.4 is 10.6 Å². The maximum Gasteiger partial charge on any atom is 0.409 e. The molecule has 0 bridgehead atoms. The Labute approximate surface area is 177 Å². The summed E-state index contributed by atoms with van der Waals surface area (Å²) in [6, 6.07) is 8.18. The molecule has 8 heteroatoms. The number of nitrogens with one attached hydrogen (secondary N) is 2. The van der Waals surface area contributed by atoms with E-state index in [4.69, 9.17) is 16.3 Å². The van der Waals surface area contributed by atoms with Crippen LogP contribution in [0.1, 0.15) is 38.2 Å². The molecule has 2 aliphatic heterocycles. The molecule has 1 aromatic rings. The number of hydrogen-bond acceptors (Lipinski definition) is 4. The molecular weight excluding hydrogens is 392 g/mol. The second kappa shape index (κ2) is 10.7. The first kappa shape index (κ1) is 21.7. The van der Waals surface area contributed by atoms with Crippen LogP contribution in [0.2, 0.25) is 5.02 Å². The average Bonchev–Trinajstić information content (AvgIpc) is 2.72. The van der Waals surface area contributed by atoms with Crippen molar-refractivity contribution in [2.45, 2.75) is 51.2 Å². The third-order valence-electron chi connectivity index (χ3n) is 5.60. The zero-order valence-corrected chi connectivity index (χ0v) is 17.8. The van der Waals surface area contributed by atoms with Crippen LogP contribution in [0.25, 0.3) is 0 Å². The van der Waals surface area contributed by atoms with Gasteiger partial charge in [0.1, 0.15) is 0 Å². The van der Waals surface area contributed by atoms with Crippen molar-refractivity contribution < 1.29 is 14.3 Å². The van der Waals surface area contributed by atoms with Gasteiger partial charge in [-0.05, 0) is 50.3 Å². The van der Waals surface area contributed by atoms with Crippen molar-refractivity contribution in [3.63, 3.8) is 0 Å². The fourth-order valence-corrected chi connectivity index (χ4v) is 4.04. The van der Waals surface area contributed by atoms with Gasteiger partial charge in [0.25, 0.3) is 0 Å². The maximum atomic E-state index is 12.3. The van der Waals surface area contributed by atoms with E-state index in [-0.39, 0.29) is 24.2 Å². The molecule has 2 fully saturated rings. The molecule has 0 radical (unpaired) electrons. The summed E-state index contributed by atoms with van der Waals surface area (Å²) in [7, 11) is 0. The number of rotatable bonds is 5. The highest BCUT2D eigenvalue weighted by Crippen LogP contribution is 2.16. The Morgan fingerprint density at radius 2 is 1.55 bits per heavy atom. The van der Waals surface area contributed by atoms with Crippen LogP contribution in [0.3, 0.4) is 0 Å². The lowest BCUT2D eigenvalue weighted by molar-refractivity contribution is 0.0956. The van der Waals surface area contributed by atoms with Gasteiger partial charge < -0.3 is 20.3 Å². The molecule has 3 rings (SSSR count). The molecule has 2 saturated heterocycles. The van der Waals surface area contributed by atoms with E-state index in [0.717, 1.165) is 50.3 Å². The Morgan fingerprint density at radius 3 is 2.10 bits per heavy atom. The average molecular weight is 423 g/mol. The predicted octanol–water partition coefficient (Wildman–Crippen LogP) is 3.22. The van der Waals surface area contributed by atoms with Crippen molar-refractivity contribution in [3.8, 4) is 0 Å². The van der Waals surface area contributed by atoms with E-state index >= 15 is 0 Å². The summed E-state index contributed by atoms with van der Waals surface area (Å²) in [4.78, 5) is 28.2. The largest absolute Gasteiger partial charge is 0.450 e. The second-order valence-corrected chi connectivity index (χ2v) is 8.19. The van der Waals surface area contributed by atoms with E-state index < -0.39 is 0 Å². The number of amides is 3. The highest BCUT2D eigenvalue weighted by molar-refractivity contribution is 6.30. The molecule has 0 unspecified atom stereocenters. The monoisotopic (exact) mass is 422 g/mol. The predicted molar refractivity (Wildman–Crippen MR) is 113 cm³/mol. The quantitative estimate of drug-likeness (QED) is 0.764. The zero-order valence-electron chi connectivity index (χ0n) is 17.0. The van der Waals surface area contributed by atoms with E-state index in [1.165, 1.54) is 5.56 Å². The number of urea groups is 1.